The fraction of sp³-hybridized carbons (Fsp3) is 0.636. The first kappa shape index (κ1) is 27.6. The van der Waals surface area contributed by atoms with Crippen molar-refractivity contribution in [1.82, 2.24) is 5.32 Å². The summed E-state index contributed by atoms with van der Waals surface area (Å²) in [7, 11) is 0. The number of nitrogens with two attached hydrogens (primary N) is 1. The van der Waals surface area contributed by atoms with Gasteiger partial charge in [-0.2, -0.15) is 0 Å². The number of hydrogen-bond acceptors (Lipinski definition) is 8. The van der Waals surface area contributed by atoms with Crippen molar-refractivity contribution in [2.75, 3.05) is 6.54 Å². The van der Waals surface area contributed by atoms with E-state index in [0.29, 0.717) is 0 Å². The molecule has 0 bridgehead atoms. The molecule has 10 nitrogen and oxygen atoms in total. The van der Waals surface area contributed by atoms with Crippen molar-refractivity contribution in [2.45, 2.75) is 37.3 Å². The standard InChI is InChI=1S/C11H18N2O8.2Na/c1-10(12,2-6(14)15)11(3-7(16)17,4-8(18)19)13-5-9(20)21;;/h13H,2-5,12H2,1H3,(H,14,15)(H,16,17)(H,18,19)(H,20,21);;/q;2*+1/p-2. The number of rotatable bonds is 10. The van der Waals surface area contributed by atoms with Gasteiger partial charge in [0.15, 0.2) is 0 Å². The van der Waals surface area contributed by atoms with Gasteiger partial charge in [-0.3, -0.25) is 9.59 Å². The minimum Gasteiger partial charge on any atom is -0.550 e. The molecule has 0 aliphatic rings. The van der Waals surface area contributed by atoms with Crippen molar-refractivity contribution >= 4 is 23.9 Å². The van der Waals surface area contributed by atoms with Gasteiger partial charge in [-0.15, -0.1) is 0 Å². The van der Waals surface area contributed by atoms with Crippen molar-refractivity contribution in [3.05, 3.63) is 0 Å². The number of carboxylic acid groups (broad SMARTS) is 4. The summed E-state index contributed by atoms with van der Waals surface area (Å²) in [6.07, 6.45) is -2.67. The SMILES string of the molecule is CC(N)(CC(=O)O)C(CC(=O)[O-])(CC(=O)O)NCC(=O)[O-].[Na+].[Na+]. The third kappa shape index (κ3) is 9.62. The fourth-order valence-electron chi connectivity index (χ4n) is 2.02. The van der Waals surface area contributed by atoms with Gasteiger partial charge in [0.1, 0.15) is 0 Å². The average molecular weight is 350 g/mol. The van der Waals surface area contributed by atoms with Crippen LogP contribution in [-0.2, 0) is 19.2 Å². The van der Waals surface area contributed by atoms with E-state index in [1.54, 1.807) is 0 Å². The Morgan fingerprint density at radius 3 is 1.70 bits per heavy atom. The van der Waals surface area contributed by atoms with Gasteiger partial charge >= 0.3 is 71.1 Å². The summed E-state index contributed by atoms with van der Waals surface area (Å²) in [5, 5.41) is 41.3. The first-order valence-corrected chi connectivity index (χ1v) is 5.79. The van der Waals surface area contributed by atoms with Gasteiger partial charge in [0.05, 0.1) is 24.3 Å². The smallest absolute Gasteiger partial charge is 0.550 e. The molecule has 2 atom stereocenters. The predicted octanol–water partition coefficient (Wildman–Crippen LogP) is -10.1. The Labute approximate surface area is 176 Å². The Hall–Kier alpha value is -0.200. The number of nitrogens with one attached hydrogen (secondary N) is 1. The third-order valence-electron chi connectivity index (χ3n) is 3.08. The van der Waals surface area contributed by atoms with Crippen LogP contribution in [0.4, 0.5) is 0 Å². The maximum atomic E-state index is 11.0. The van der Waals surface area contributed by atoms with Crippen LogP contribution in [0.2, 0.25) is 0 Å². The van der Waals surface area contributed by atoms with Crippen LogP contribution in [0.3, 0.4) is 0 Å². The Kier molecular flexibility index (Phi) is 13.7. The third-order valence-corrected chi connectivity index (χ3v) is 3.08. The molecule has 0 aromatic rings. The van der Waals surface area contributed by atoms with Crippen LogP contribution in [0.5, 0.6) is 0 Å². The first-order valence-electron chi connectivity index (χ1n) is 5.79. The average Bonchev–Trinajstić information content (AvgIpc) is 2.21. The quantitative estimate of drug-likeness (QED) is 0.275. The Morgan fingerprint density at radius 1 is 0.957 bits per heavy atom. The van der Waals surface area contributed by atoms with Crippen LogP contribution in [0.15, 0.2) is 0 Å². The van der Waals surface area contributed by atoms with Crippen molar-refractivity contribution in [2.24, 2.45) is 5.73 Å². The van der Waals surface area contributed by atoms with Crippen LogP contribution in [0.25, 0.3) is 0 Å². The van der Waals surface area contributed by atoms with Gasteiger partial charge in [0.25, 0.3) is 0 Å². The van der Waals surface area contributed by atoms with Crippen LogP contribution in [0, 0.1) is 0 Å². The number of hydrogen-bond donors (Lipinski definition) is 4. The topological polar surface area (TPSA) is 193 Å². The molecule has 0 radical (unpaired) electrons. The number of aliphatic carboxylic acids is 4. The summed E-state index contributed by atoms with van der Waals surface area (Å²) < 4.78 is 0. The van der Waals surface area contributed by atoms with Crippen molar-refractivity contribution < 1.29 is 98.7 Å². The van der Waals surface area contributed by atoms with E-state index in [1.165, 1.54) is 0 Å². The molecular weight excluding hydrogens is 334 g/mol. The molecule has 0 aliphatic carbocycles. The van der Waals surface area contributed by atoms with E-state index < -0.39 is 60.8 Å². The van der Waals surface area contributed by atoms with E-state index in [4.69, 9.17) is 15.9 Å². The van der Waals surface area contributed by atoms with Gasteiger partial charge < -0.3 is 41.1 Å². The molecule has 0 rings (SSSR count). The number of carboxylic acids is 4. The predicted molar refractivity (Wildman–Crippen MR) is 62.5 cm³/mol. The maximum Gasteiger partial charge on any atom is 1.00 e. The van der Waals surface area contributed by atoms with Gasteiger partial charge in [0, 0.05) is 24.5 Å². The molecule has 0 heterocycles. The summed E-state index contributed by atoms with van der Waals surface area (Å²) in [6.45, 7) is 0.224. The van der Waals surface area contributed by atoms with Gasteiger partial charge in [-0.25, -0.2) is 0 Å². The number of carbonyl (C=O) groups is 4. The van der Waals surface area contributed by atoms with E-state index in [-0.39, 0.29) is 59.1 Å². The van der Waals surface area contributed by atoms with Crippen molar-refractivity contribution in [3.63, 3.8) is 0 Å². The summed E-state index contributed by atoms with van der Waals surface area (Å²) in [5.41, 5.74) is 1.87. The Morgan fingerprint density at radius 2 is 1.39 bits per heavy atom. The molecule has 0 saturated heterocycles. The van der Waals surface area contributed by atoms with E-state index in [2.05, 4.69) is 5.32 Å². The van der Waals surface area contributed by atoms with Gasteiger partial charge in [-0.1, -0.05) is 0 Å². The molecule has 2 unspecified atom stereocenters. The van der Waals surface area contributed by atoms with E-state index >= 15 is 0 Å². The molecule has 0 aliphatic heterocycles. The monoisotopic (exact) mass is 350 g/mol. The second-order valence-corrected chi connectivity index (χ2v) is 4.91. The molecule has 23 heavy (non-hydrogen) atoms. The largest absolute Gasteiger partial charge is 1.00 e. The zero-order valence-electron chi connectivity index (χ0n) is 13.2. The molecule has 5 N–H and O–H groups in total. The Balaban J connectivity index is -0.00000200. The first-order chi connectivity index (χ1) is 9.42. The van der Waals surface area contributed by atoms with Crippen molar-refractivity contribution in [1.29, 1.82) is 0 Å². The molecule has 12 heteroatoms. The van der Waals surface area contributed by atoms with E-state index in [1.807, 2.05) is 0 Å². The summed E-state index contributed by atoms with van der Waals surface area (Å²) in [4.78, 5) is 43.2. The van der Waals surface area contributed by atoms with Gasteiger partial charge in [-0.05, 0) is 6.92 Å². The molecule has 0 amide bonds. The van der Waals surface area contributed by atoms with E-state index in [0.717, 1.165) is 6.92 Å². The molecule has 0 aromatic carbocycles. The summed E-state index contributed by atoms with van der Waals surface area (Å²) in [6, 6.07) is 0. The molecule has 0 fully saturated rings. The fourth-order valence-corrected chi connectivity index (χ4v) is 2.02. The normalized spacial score (nSPS) is 15.0. The summed E-state index contributed by atoms with van der Waals surface area (Å²) >= 11 is 0. The molecule has 0 saturated carbocycles. The zero-order chi connectivity index (χ0) is 16.8. The zero-order valence-corrected chi connectivity index (χ0v) is 17.2. The second-order valence-electron chi connectivity index (χ2n) is 4.91. The number of carbonyl (C=O) groups excluding carboxylic acids is 2. The van der Waals surface area contributed by atoms with Gasteiger partial charge in [0.2, 0.25) is 0 Å². The molecular formula is C11H16N2Na2O8. The van der Waals surface area contributed by atoms with Crippen molar-refractivity contribution in [3.8, 4) is 0 Å². The minimum atomic E-state index is -2.03. The molecule has 120 valence electrons. The Bertz CT molecular complexity index is 439. The van der Waals surface area contributed by atoms with E-state index in [9.17, 15) is 29.4 Å². The van der Waals surface area contributed by atoms with Crippen LogP contribution >= 0.6 is 0 Å². The molecule has 0 spiro atoms. The minimum absolute atomic E-state index is 0. The second kappa shape index (κ2) is 11.4. The van der Waals surface area contributed by atoms with Crippen LogP contribution < -0.4 is 80.4 Å². The van der Waals surface area contributed by atoms with Crippen LogP contribution in [-0.4, -0.2) is 51.7 Å². The molecule has 0 aromatic heterocycles. The maximum absolute atomic E-state index is 11.0. The summed E-state index contributed by atoms with van der Waals surface area (Å²) in [5.74, 6) is -6.22. The van der Waals surface area contributed by atoms with Crippen LogP contribution in [0.1, 0.15) is 26.2 Å².